The molecule has 1 aliphatic heterocycles. The summed E-state index contributed by atoms with van der Waals surface area (Å²) in [7, 11) is 1.82. The van der Waals surface area contributed by atoms with Crippen molar-refractivity contribution >= 4 is 11.9 Å². The number of hydrogen-bond donors (Lipinski definition) is 1. The molecule has 0 radical (unpaired) electrons. The Morgan fingerprint density at radius 2 is 2.10 bits per heavy atom. The highest BCUT2D eigenvalue weighted by atomic mass is 16.5. The second kappa shape index (κ2) is 7.26. The van der Waals surface area contributed by atoms with Crippen molar-refractivity contribution in [2.45, 2.75) is 52.0 Å². The summed E-state index contributed by atoms with van der Waals surface area (Å²) in [6, 6.07) is 0.941. The summed E-state index contributed by atoms with van der Waals surface area (Å²) in [5, 5.41) is 2.99. The molecule has 6 nitrogen and oxygen atoms in total. The van der Waals surface area contributed by atoms with Crippen LogP contribution in [-0.4, -0.2) is 41.2 Å². The van der Waals surface area contributed by atoms with Crippen LogP contribution in [0.15, 0.2) is 0 Å². The van der Waals surface area contributed by atoms with Crippen LogP contribution in [0.4, 0.5) is 11.9 Å². The SMILES string of the molecule is CCCOc1nc(NC)nc(N2CCCCC2CC)n1. The van der Waals surface area contributed by atoms with Gasteiger partial charge in [0.15, 0.2) is 0 Å². The van der Waals surface area contributed by atoms with Gasteiger partial charge in [0.25, 0.3) is 0 Å². The summed E-state index contributed by atoms with van der Waals surface area (Å²) in [6.07, 6.45) is 5.76. The number of hydrogen-bond acceptors (Lipinski definition) is 6. The molecule has 0 saturated carbocycles. The lowest BCUT2D eigenvalue weighted by Crippen LogP contribution is -2.40. The van der Waals surface area contributed by atoms with Gasteiger partial charge >= 0.3 is 6.01 Å². The number of nitrogens with one attached hydrogen (secondary N) is 1. The molecule has 112 valence electrons. The smallest absolute Gasteiger partial charge is 0.323 e. The molecule has 0 spiro atoms. The first-order valence-corrected chi connectivity index (χ1v) is 7.61. The van der Waals surface area contributed by atoms with Crippen LogP contribution in [0, 0.1) is 0 Å². The maximum Gasteiger partial charge on any atom is 0.323 e. The van der Waals surface area contributed by atoms with E-state index in [1.54, 1.807) is 0 Å². The van der Waals surface area contributed by atoms with Crippen LogP contribution in [0.3, 0.4) is 0 Å². The van der Waals surface area contributed by atoms with Gasteiger partial charge in [0.2, 0.25) is 11.9 Å². The van der Waals surface area contributed by atoms with Crippen molar-refractivity contribution in [1.82, 2.24) is 15.0 Å². The Morgan fingerprint density at radius 1 is 1.25 bits per heavy atom. The summed E-state index contributed by atoms with van der Waals surface area (Å²) in [5.41, 5.74) is 0. The van der Waals surface area contributed by atoms with Gasteiger partial charge in [-0.2, -0.15) is 15.0 Å². The van der Waals surface area contributed by atoms with E-state index in [-0.39, 0.29) is 0 Å². The number of piperidine rings is 1. The molecule has 1 saturated heterocycles. The molecule has 6 heteroatoms. The van der Waals surface area contributed by atoms with E-state index >= 15 is 0 Å². The zero-order valence-electron chi connectivity index (χ0n) is 12.7. The molecule has 1 unspecified atom stereocenters. The Kier molecular flexibility index (Phi) is 5.38. The third-order valence-corrected chi connectivity index (χ3v) is 3.62. The molecular formula is C14H25N5O. The zero-order valence-corrected chi connectivity index (χ0v) is 12.7. The van der Waals surface area contributed by atoms with E-state index in [0.29, 0.717) is 24.6 Å². The third kappa shape index (κ3) is 3.49. The Balaban J connectivity index is 2.24. The molecule has 1 N–H and O–H groups in total. The van der Waals surface area contributed by atoms with E-state index in [0.717, 1.165) is 25.3 Å². The molecule has 1 aromatic rings. The lowest BCUT2D eigenvalue weighted by Gasteiger charge is -2.35. The second-order valence-corrected chi connectivity index (χ2v) is 5.09. The van der Waals surface area contributed by atoms with Gasteiger partial charge in [0.05, 0.1) is 6.61 Å². The summed E-state index contributed by atoms with van der Waals surface area (Å²) in [6.45, 7) is 5.93. The van der Waals surface area contributed by atoms with Gasteiger partial charge in [-0.15, -0.1) is 0 Å². The van der Waals surface area contributed by atoms with Crippen molar-refractivity contribution in [2.24, 2.45) is 0 Å². The van der Waals surface area contributed by atoms with E-state index in [1.165, 1.54) is 19.3 Å². The van der Waals surface area contributed by atoms with E-state index in [2.05, 4.69) is 39.0 Å². The fraction of sp³-hybridized carbons (Fsp3) is 0.786. The first-order chi connectivity index (χ1) is 9.78. The molecule has 0 bridgehead atoms. The average molecular weight is 279 g/mol. The lowest BCUT2D eigenvalue weighted by molar-refractivity contribution is 0.291. The van der Waals surface area contributed by atoms with Crippen LogP contribution >= 0.6 is 0 Å². The molecule has 1 fully saturated rings. The maximum atomic E-state index is 5.57. The molecule has 1 atom stereocenters. The van der Waals surface area contributed by atoms with Crippen LogP contribution < -0.4 is 15.0 Å². The van der Waals surface area contributed by atoms with E-state index in [9.17, 15) is 0 Å². The van der Waals surface area contributed by atoms with Crippen LogP contribution in [0.2, 0.25) is 0 Å². The van der Waals surface area contributed by atoms with Gasteiger partial charge < -0.3 is 15.0 Å². The molecule has 1 aliphatic rings. The molecule has 20 heavy (non-hydrogen) atoms. The minimum Gasteiger partial charge on any atom is -0.463 e. The monoisotopic (exact) mass is 279 g/mol. The van der Waals surface area contributed by atoms with Gasteiger partial charge in [-0.3, -0.25) is 0 Å². The van der Waals surface area contributed by atoms with Crippen molar-refractivity contribution in [2.75, 3.05) is 30.4 Å². The van der Waals surface area contributed by atoms with Crippen molar-refractivity contribution in [1.29, 1.82) is 0 Å². The quantitative estimate of drug-likeness (QED) is 0.863. The van der Waals surface area contributed by atoms with Crippen LogP contribution in [0.5, 0.6) is 6.01 Å². The first kappa shape index (κ1) is 14.8. The Bertz CT molecular complexity index is 426. The molecule has 0 aromatic carbocycles. The molecule has 0 amide bonds. The van der Waals surface area contributed by atoms with E-state index in [1.807, 2.05) is 7.05 Å². The summed E-state index contributed by atoms with van der Waals surface area (Å²) in [4.78, 5) is 15.5. The Morgan fingerprint density at radius 3 is 2.80 bits per heavy atom. The van der Waals surface area contributed by atoms with E-state index < -0.39 is 0 Å². The number of nitrogens with zero attached hydrogens (tertiary/aromatic N) is 4. The molecule has 1 aromatic heterocycles. The Labute approximate surface area is 121 Å². The minimum atomic E-state index is 0.418. The van der Waals surface area contributed by atoms with Crippen molar-refractivity contribution < 1.29 is 4.74 Å². The summed E-state index contributed by atoms with van der Waals surface area (Å²) < 4.78 is 5.57. The normalized spacial score (nSPS) is 18.9. The van der Waals surface area contributed by atoms with Crippen LogP contribution in [0.1, 0.15) is 46.0 Å². The highest BCUT2D eigenvalue weighted by Crippen LogP contribution is 2.25. The maximum absolute atomic E-state index is 5.57. The largest absolute Gasteiger partial charge is 0.463 e. The van der Waals surface area contributed by atoms with Crippen LogP contribution in [-0.2, 0) is 0 Å². The Hall–Kier alpha value is -1.59. The fourth-order valence-electron chi connectivity index (χ4n) is 2.53. The second-order valence-electron chi connectivity index (χ2n) is 5.09. The molecular weight excluding hydrogens is 254 g/mol. The van der Waals surface area contributed by atoms with E-state index in [4.69, 9.17) is 4.74 Å². The zero-order chi connectivity index (χ0) is 14.4. The molecule has 2 heterocycles. The van der Waals surface area contributed by atoms with Gasteiger partial charge in [0.1, 0.15) is 0 Å². The van der Waals surface area contributed by atoms with Gasteiger partial charge in [-0.05, 0) is 32.1 Å². The average Bonchev–Trinajstić information content (AvgIpc) is 2.52. The summed E-state index contributed by atoms with van der Waals surface area (Å²) in [5.74, 6) is 1.31. The topological polar surface area (TPSA) is 63.2 Å². The van der Waals surface area contributed by atoms with Crippen molar-refractivity contribution in [3.05, 3.63) is 0 Å². The number of ether oxygens (including phenoxy) is 1. The third-order valence-electron chi connectivity index (χ3n) is 3.62. The van der Waals surface area contributed by atoms with Crippen molar-refractivity contribution in [3.63, 3.8) is 0 Å². The lowest BCUT2D eigenvalue weighted by atomic mass is 10.0. The molecule has 0 aliphatic carbocycles. The molecule has 2 rings (SSSR count). The fourth-order valence-corrected chi connectivity index (χ4v) is 2.53. The first-order valence-electron chi connectivity index (χ1n) is 7.61. The number of aromatic nitrogens is 3. The summed E-state index contributed by atoms with van der Waals surface area (Å²) >= 11 is 0. The van der Waals surface area contributed by atoms with Crippen molar-refractivity contribution in [3.8, 4) is 6.01 Å². The van der Waals surface area contributed by atoms with Gasteiger partial charge in [-0.25, -0.2) is 0 Å². The van der Waals surface area contributed by atoms with Crippen LogP contribution in [0.25, 0.3) is 0 Å². The minimum absolute atomic E-state index is 0.418. The predicted octanol–water partition coefficient (Wildman–Crippen LogP) is 2.47. The standard InChI is InChI=1S/C14H25N5O/c1-4-10-20-14-17-12(15-3)16-13(18-14)19-9-7-6-8-11(19)5-2/h11H,4-10H2,1-3H3,(H,15,16,17,18). The highest BCUT2D eigenvalue weighted by Gasteiger charge is 2.24. The highest BCUT2D eigenvalue weighted by molar-refractivity contribution is 5.39. The number of anilines is 2. The van der Waals surface area contributed by atoms with Gasteiger partial charge in [-0.1, -0.05) is 13.8 Å². The number of rotatable bonds is 6. The predicted molar refractivity (Wildman–Crippen MR) is 80.4 cm³/mol. The van der Waals surface area contributed by atoms with Gasteiger partial charge in [0, 0.05) is 19.6 Å².